The fraction of sp³-hybridized carbons (Fsp3) is 0.0833. The zero-order valence-electron chi connectivity index (χ0n) is 16.9. The molecule has 0 amide bonds. The molecule has 150 valence electrons. The van der Waals surface area contributed by atoms with Crippen LogP contribution < -0.4 is 10.1 Å². The predicted molar refractivity (Wildman–Crippen MR) is 115 cm³/mol. The Bertz CT molecular complexity index is 1290. The number of ether oxygens (including phenoxy) is 1. The van der Waals surface area contributed by atoms with E-state index in [0.717, 1.165) is 22.4 Å². The van der Waals surface area contributed by atoms with Gasteiger partial charge < -0.3 is 14.5 Å². The molecular formula is C24H17N5O2. The van der Waals surface area contributed by atoms with Gasteiger partial charge in [-0.25, -0.2) is 4.98 Å². The number of furan rings is 1. The van der Waals surface area contributed by atoms with E-state index in [4.69, 9.17) is 14.4 Å². The van der Waals surface area contributed by atoms with Crippen LogP contribution in [0.5, 0.6) is 11.6 Å². The van der Waals surface area contributed by atoms with Crippen LogP contribution in [0.1, 0.15) is 22.3 Å². The number of hydrogen-bond acceptors (Lipinski definition) is 7. The first-order valence-corrected chi connectivity index (χ1v) is 9.43. The third-order valence-corrected chi connectivity index (χ3v) is 4.64. The van der Waals surface area contributed by atoms with E-state index in [9.17, 15) is 5.26 Å². The van der Waals surface area contributed by atoms with E-state index in [1.807, 2.05) is 13.8 Å². The molecule has 7 nitrogen and oxygen atoms in total. The van der Waals surface area contributed by atoms with E-state index in [1.165, 1.54) is 0 Å². The summed E-state index contributed by atoms with van der Waals surface area (Å²) >= 11 is 0. The molecule has 0 aliphatic carbocycles. The van der Waals surface area contributed by atoms with Crippen molar-refractivity contribution < 1.29 is 9.15 Å². The minimum Gasteiger partial charge on any atom is -0.472 e. The second-order valence-corrected chi connectivity index (χ2v) is 6.89. The van der Waals surface area contributed by atoms with Crippen LogP contribution in [0.3, 0.4) is 0 Å². The molecule has 31 heavy (non-hydrogen) atoms. The van der Waals surface area contributed by atoms with Crippen molar-refractivity contribution in [3.05, 3.63) is 83.4 Å². The summed E-state index contributed by atoms with van der Waals surface area (Å²) in [6.07, 6.45) is 4.82. The molecule has 4 aromatic rings. The number of nitrogens with zero attached hydrogens (tertiary/aromatic N) is 4. The summed E-state index contributed by atoms with van der Waals surface area (Å²) < 4.78 is 11.4. The minimum absolute atomic E-state index is 0.343. The quantitative estimate of drug-likeness (QED) is 0.456. The highest BCUT2D eigenvalue weighted by Crippen LogP contribution is 2.35. The fourth-order valence-corrected chi connectivity index (χ4v) is 3.15. The van der Waals surface area contributed by atoms with E-state index in [2.05, 4.69) is 27.4 Å². The second-order valence-electron chi connectivity index (χ2n) is 6.89. The minimum atomic E-state index is 0.343. The molecule has 0 radical (unpaired) electrons. The Morgan fingerprint density at radius 1 is 0.968 bits per heavy atom. The van der Waals surface area contributed by atoms with Gasteiger partial charge in [0.1, 0.15) is 5.75 Å². The maximum atomic E-state index is 9.20. The number of aromatic nitrogens is 2. The van der Waals surface area contributed by atoms with Gasteiger partial charge in [-0.2, -0.15) is 15.5 Å². The molecule has 0 atom stereocenters. The van der Waals surface area contributed by atoms with E-state index in [0.29, 0.717) is 34.3 Å². The van der Waals surface area contributed by atoms with Crippen LogP contribution in [0.15, 0.2) is 65.6 Å². The van der Waals surface area contributed by atoms with Gasteiger partial charge in [-0.1, -0.05) is 0 Å². The number of nitriles is 2. The standard InChI is InChI=1S/C24H17N5O2/c1-15-9-18(12-26)10-16(2)22(15)31-23-21(19-7-8-30-14-19)13-27-24(29-23)28-20-5-3-17(11-25)4-6-20/h3-10,13-14H,1-2H3,(H,27,28,29). The lowest BCUT2D eigenvalue weighted by molar-refractivity contribution is 0.457. The smallest absolute Gasteiger partial charge is 0.232 e. The Balaban J connectivity index is 1.73. The first kappa shape index (κ1) is 19.7. The van der Waals surface area contributed by atoms with Gasteiger partial charge in [-0.3, -0.25) is 0 Å². The second kappa shape index (κ2) is 8.40. The van der Waals surface area contributed by atoms with Gasteiger partial charge in [0.25, 0.3) is 0 Å². The molecule has 4 rings (SSSR count). The van der Waals surface area contributed by atoms with Crippen molar-refractivity contribution in [2.24, 2.45) is 0 Å². The van der Waals surface area contributed by atoms with Gasteiger partial charge in [-0.05, 0) is 67.4 Å². The SMILES string of the molecule is Cc1cc(C#N)cc(C)c1Oc1nc(Nc2ccc(C#N)cc2)ncc1-c1ccoc1. The highest BCUT2D eigenvalue weighted by atomic mass is 16.5. The number of hydrogen-bond donors (Lipinski definition) is 1. The average molecular weight is 407 g/mol. The molecule has 7 heteroatoms. The molecule has 0 bridgehead atoms. The summed E-state index contributed by atoms with van der Waals surface area (Å²) in [7, 11) is 0. The lowest BCUT2D eigenvalue weighted by Gasteiger charge is -2.15. The monoisotopic (exact) mass is 407 g/mol. The topological polar surface area (TPSA) is 108 Å². The first-order valence-electron chi connectivity index (χ1n) is 9.43. The molecule has 0 aliphatic heterocycles. The van der Waals surface area contributed by atoms with Crippen LogP contribution >= 0.6 is 0 Å². The largest absolute Gasteiger partial charge is 0.472 e. The maximum Gasteiger partial charge on any atom is 0.232 e. The zero-order chi connectivity index (χ0) is 21.8. The van der Waals surface area contributed by atoms with Gasteiger partial charge in [-0.15, -0.1) is 0 Å². The average Bonchev–Trinajstić information content (AvgIpc) is 3.31. The molecule has 2 aromatic carbocycles. The van der Waals surface area contributed by atoms with Gasteiger partial charge in [0.2, 0.25) is 11.8 Å². The van der Waals surface area contributed by atoms with E-state index >= 15 is 0 Å². The van der Waals surface area contributed by atoms with E-state index < -0.39 is 0 Å². The van der Waals surface area contributed by atoms with Crippen molar-refractivity contribution in [1.29, 1.82) is 10.5 Å². The predicted octanol–water partition coefficient (Wildman–Crippen LogP) is 5.63. The first-order chi connectivity index (χ1) is 15.1. The lowest BCUT2D eigenvalue weighted by atomic mass is 10.1. The summed E-state index contributed by atoms with van der Waals surface area (Å²) in [6.45, 7) is 3.77. The molecule has 0 spiro atoms. The summed E-state index contributed by atoms with van der Waals surface area (Å²) in [5.41, 5.74) is 4.99. The number of nitrogens with one attached hydrogen (secondary N) is 1. The Kier molecular flexibility index (Phi) is 5.33. The molecule has 2 aromatic heterocycles. The van der Waals surface area contributed by atoms with Gasteiger partial charge in [0.15, 0.2) is 0 Å². The Morgan fingerprint density at radius 2 is 1.68 bits per heavy atom. The molecule has 0 aliphatic rings. The highest BCUT2D eigenvalue weighted by Gasteiger charge is 2.16. The molecule has 1 N–H and O–H groups in total. The summed E-state index contributed by atoms with van der Waals surface area (Å²) in [5.74, 6) is 1.33. The zero-order valence-corrected chi connectivity index (χ0v) is 16.9. The Hall–Kier alpha value is -4.62. The molecule has 2 heterocycles. The van der Waals surface area contributed by atoms with Crippen molar-refractivity contribution in [3.8, 4) is 34.9 Å². The summed E-state index contributed by atoms with van der Waals surface area (Å²) in [4.78, 5) is 8.97. The lowest BCUT2D eigenvalue weighted by Crippen LogP contribution is -2.02. The third kappa shape index (κ3) is 4.21. The molecule has 0 saturated heterocycles. The number of benzene rings is 2. The number of aryl methyl sites for hydroxylation is 2. The normalized spacial score (nSPS) is 10.2. The van der Waals surface area contributed by atoms with Gasteiger partial charge in [0, 0.05) is 17.4 Å². The van der Waals surface area contributed by atoms with Crippen LogP contribution in [0.25, 0.3) is 11.1 Å². The number of anilines is 2. The molecule has 0 fully saturated rings. The van der Waals surface area contributed by atoms with Crippen LogP contribution in [0.4, 0.5) is 11.6 Å². The van der Waals surface area contributed by atoms with Crippen LogP contribution in [-0.4, -0.2) is 9.97 Å². The van der Waals surface area contributed by atoms with Crippen molar-refractivity contribution in [1.82, 2.24) is 9.97 Å². The van der Waals surface area contributed by atoms with Crippen LogP contribution in [0.2, 0.25) is 0 Å². The van der Waals surface area contributed by atoms with Gasteiger partial charge in [0.05, 0.1) is 41.4 Å². The Morgan fingerprint density at radius 3 is 2.29 bits per heavy atom. The van der Waals surface area contributed by atoms with Crippen molar-refractivity contribution in [3.63, 3.8) is 0 Å². The Labute approximate surface area is 179 Å². The summed E-state index contributed by atoms with van der Waals surface area (Å²) in [5, 5.41) is 21.3. The number of rotatable bonds is 5. The highest BCUT2D eigenvalue weighted by molar-refractivity contribution is 5.69. The maximum absolute atomic E-state index is 9.20. The summed E-state index contributed by atoms with van der Waals surface area (Å²) in [6, 6.07) is 16.6. The van der Waals surface area contributed by atoms with Crippen LogP contribution in [-0.2, 0) is 0 Å². The van der Waals surface area contributed by atoms with Gasteiger partial charge >= 0.3 is 0 Å². The van der Waals surface area contributed by atoms with Crippen molar-refractivity contribution in [2.75, 3.05) is 5.32 Å². The van der Waals surface area contributed by atoms with E-state index in [1.54, 1.807) is 61.2 Å². The molecule has 0 unspecified atom stereocenters. The third-order valence-electron chi connectivity index (χ3n) is 4.64. The van der Waals surface area contributed by atoms with Crippen molar-refractivity contribution in [2.45, 2.75) is 13.8 Å². The van der Waals surface area contributed by atoms with Crippen molar-refractivity contribution >= 4 is 11.6 Å². The van der Waals surface area contributed by atoms with E-state index in [-0.39, 0.29) is 0 Å². The molecular weight excluding hydrogens is 390 g/mol. The fourth-order valence-electron chi connectivity index (χ4n) is 3.15. The molecule has 0 saturated carbocycles. The van der Waals surface area contributed by atoms with Crippen LogP contribution in [0, 0.1) is 36.5 Å².